The number of thioether (sulfide) groups is 1. The second-order valence-electron chi connectivity index (χ2n) is 4.49. The fourth-order valence-electron chi connectivity index (χ4n) is 2.19. The van der Waals surface area contributed by atoms with Crippen molar-refractivity contribution in [3.05, 3.63) is 23.9 Å². The summed E-state index contributed by atoms with van der Waals surface area (Å²) in [6, 6.07) is 3.78. The smallest absolute Gasteiger partial charge is 0.123 e. The first-order chi connectivity index (χ1) is 7.60. The highest BCUT2D eigenvalue weighted by Gasteiger charge is 2.36. The highest BCUT2D eigenvalue weighted by molar-refractivity contribution is 8.00. The minimum atomic E-state index is -0.587. The number of aliphatic hydroxyl groups is 1. The van der Waals surface area contributed by atoms with Crippen LogP contribution >= 0.6 is 11.8 Å². The number of hydrogen-bond donors (Lipinski definition) is 2. The molecule has 0 saturated carbocycles. The maximum absolute atomic E-state index is 10.6. The van der Waals surface area contributed by atoms with E-state index in [4.69, 9.17) is 5.73 Å². The molecule has 2 heterocycles. The summed E-state index contributed by atoms with van der Waals surface area (Å²) in [5.41, 5.74) is 6.13. The van der Waals surface area contributed by atoms with Crippen LogP contribution in [0.25, 0.3) is 0 Å². The van der Waals surface area contributed by atoms with Gasteiger partial charge in [-0.05, 0) is 36.3 Å². The third-order valence-electron chi connectivity index (χ3n) is 3.23. The Kier molecular flexibility index (Phi) is 3.40. The first-order valence-electron chi connectivity index (χ1n) is 5.64. The first-order valence-corrected chi connectivity index (χ1v) is 6.69. The molecule has 4 heteroatoms. The van der Waals surface area contributed by atoms with Gasteiger partial charge >= 0.3 is 0 Å². The summed E-state index contributed by atoms with van der Waals surface area (Å²) in [6.45, 7) is 2.11. The van der Waals surface area contributed by atoms with Crippen molar-refractivity contribution in [1.29, 1.82) is 0 Å². The summed E-state index contributed by atoms with van der Waals surface area (Å²) in [6.07, 6.45) is 4.35. The summed E-state index contributed by atoms with van der Waals surface area (Å²) in [5.74, 6) is 1.68. The third-order valence-corrected chi connectivity index (χ3v) is 4.70. The Balaban J connectivity index is 2.13. The molecule has 1 fully saturated rings. The number of pyridine rings is 1. The van der Waals surface area contributed by atoms with Crippen LogP contribution in [0.3, 0.4) is 0 Å². The van der Waals surface area contributed by atoms with Gasteiger partial charge in [-0.1, -0.05) is 6.92 Å². The van der Waals surface area contributed by atoms with E-state index in [-0.39, 0.29) is 5.25 Å². The average Bonchev–Trinajstić information content (AvgIpc) is 2.23. The van der Waals surface area contributed by atoms with Crippen molar-refractivity contribution < 1.29 is 5.11 Å². The quantitative estimate of drug-likeness (QED) is 0.825. The van der Waals surface area contributed by atoms with E-state index in [0.717, 1.165) is 24.2 Å². The topological polar surface area (TPSA) is 59.1 Å². The summed E-state index contributed by atoms with van der Waals surface area (Å²) < 4.78 is 0. The van der Waals surface area contributed by atoms with Crippen molar-refractivity contribution in [2.24, 2.45) is 0 Å². The number of nitrogens with two attached hydrogens (primary N) is 1. The van der Waals surface area contributed by atoms with E-state index in [1.165, 1.54) is 0 Å². The number of rotatable bonds is 2. The van der Waals surface area contributed by atoms with Gasteiger partial charge < -0.3 is 10.8 Å². The van der Waals surface area contributed by atoms with Crippen LogP contribution in [0.5, 0.6) is 0 Å². The molecule has 0 radical (unpaired) electrons. The van der Waals surface area contributed by atoms with Crippen LogP contribution in [0.2, 0.25) is 0 Å². The highest BCUT2D eigenvalue weighted by atomic mass is 32.2. The molecule has 0 bridgehead atoms. The number of hydrogen-bond acceptors (Lipinski definition) is 4. The maximum atomic E-state index is 10.6. The molecule has 1 aromatic rings. The molecule has 88 valence electrons. The molecule has 2 unspecified atom stereocenters. The lowest BCUT2D eigenvalue weighted by atomic mass is 9.87. The van der Waals surface area contributed by atoms with E-state index in [1.807, 2.05) is 23.9 Å². The van der Waals surface area contributed by atoms with Gasteiger partial charge in [-0.15, -0.1) is 0 Å². The second-order valence-corrected chi connectivity index (χ2v) is 5.93. The van der Waals surface area contributed by atoms with Crippen LogP contribution in [0.4, 0.5) is 5.82 Å². The average molecular weight is 238 g/mol. The molecule has 0 amide bonds. The van der Waals surface area contributed by atoms with Gasteiger partial charge in [0.2, 0.25) is 0 Å². The van der Waals surface area contributed by atoms with Crippen molar-refractivity contribution >= 4 is 17.6 Å². The number of nitrogen functional groups attached to an aromatic ring is 1. The van der Waals surface area contributed by atoms with Gasteiger partial charge in [-0.25, -0.2) is 4.98 Å². The largest absolute Gasteiger partial charge is 0.388 e. The van der Waals surface area contributed by atoms with E-state index in [1.54, 1.807) is 6.20 Å². The van der Waals surface area contributed by atoms with E-state index >= 15 is 0 Å². The van der Waals surface area contributed by atoms with Crippen LogP contribution in [-0.4, -0.2) is 26.7 Å². The molecule has 2 atom stereocenters. The van der Waals surface area contributed by atoms with Crippen molar-refractivity contribution in [3.8, 4) is 0 Å². The minimum Gasteiger partial charge on any atom is -0.388 e. The van der Waals surface area contributed by atoms with E-state index in [9.17, 15) is 5.11 Å². The lowest BCUT2D eigenvalue weighted by molar-refractivity contribution is 0.0298. The fourth-order valence-corrected chi connectivity index (χ4v) is 3.36. The number of anilines is 1. The number of aromatic nitrogens is 1. The lowest BCUT2D eigenvalue weighted by Crippen LogP contribution is -2.43. The SMILES string of the molecule is CC1SCCCC1(O)Cc1ccnc(N)c1. The van der Waals surface area contributed by atoms with Gasteiger partial charge in [0.05, 0.1) is 5.60 Å². The van der Waals surface area contributed by atoms with Crippen LogP contribution in [0.1, 0.15) is 25.3 Å². The van der Waals surface area contributed by atoms with Gasteiger partial charge in [-0.3, -0.25) is 0 Å². The first kappa shape index (κ1) is 11.7. The summed E-state index contributed by atoms with van der Waals surface area (Å²) in [7, 11) is 0. The molecule has 0 aromatic carbocycles. The molecular formula is C12H18N2OS. The molecule has 0 spiro atoms. The predicted octanol–water partition coefficient (Wildman–Crippen LogP) is 1.85. The molecule has 16 heavy (non-hydrogen) atoms. The van der Waals surface area contributed by atoms with Crippen molar-refractivity contribution in [2.75, 3.05) is 11.5 Å². The van der Waals surface area contributed by atoms with Gasteiger partial charge in [0.15, 0.2) is 0 Å². The zero-order valence-electron chi connectivity index (χ0n) is 9.52. The molecule has 1 saturated heterocycles. The van der Waals surface area contributed by atoms with Crippen LogP contribution in [-0.2, 0) is 6.42 Å². The van der Waals surface area contributed by atoms with Crippen LogP contribution in [0.15, 0.2) is 18.3 Å². The second kappa shape index (κ2) is 4.63. The minimum absolute atomic E-state index is 0.288. The highest BCUT2D eigenvalue weighted by Crippen LogP contribution is 2.36. The van der Waals surface area contributed by atoms with Crippen LogP contribution in [0, 0.1) is 0 Å². The Bertz CT molecular complexity index is 372. The van der Waals surface area contributed by atoms with Crippen LogP contribution < -0.4 is 5.73 Å². The van der Waals surface area contributed by atoms with Gasteiger partial charge in [0.1, 0.15) is 5.82 Å². The zero-order chi connectivity index (χ0) is 11.6. The molecular weight excluding hydrogens is 220 g/mol. The van der Waals surface area contributed by atoms with Crippen molar-refractivity contribution in [1.82, 2.24) is 4.98 Å². The van der Waals surface area contributed by atoms with E-state index in [2.05, 4.69) is 11.9 Å². The Morgan fingerprint density at radius 1 is 1.69 bits per heavy atom. The van der Waals surface area contributed by atoms with Crippen molar-refractivity contribution in [3.63, 3.8) is 0 Å². The normalized spacial score (nSPS) is 30.2. The maximum Gasteiger partial charge on any atom is 0.123 e. The van der Waals surface area contributed by atoms with Gasteiger partial charge in [0, 0.05) is 17.9 Å². The van der Waals surface area contributed by atoms with Crippen molar-refractivity contribution in [2.45, 2.75) is 37.0 Å². The Morgan fingerprint density at radius 2 is 2.50 bits per heavy atom. The Labute approximate surface area is 100 Å². The number of nitrogens with zero attached hydrogens (tertiary/aromatic N) is 1. The summed E-state index contributed by atoms with van der Waals surface area (Å²) in [5, 5.41) is 10.9. The lowest BCUT2D eigenvalue weighted by Gasteiger charge is -2.37. The molecule has 1 aliphatic heterocycles. The Morgan fingerprint density at radius 3 is 3.19 bits per heavy atom. The molecule has 0 aliphatic carbocycles. The predicted molar refractivity (Wildman–Crippen MR) is 68.5 cm³/mol. The van der Waals surface area contributed by atoms with Gasteiger partial charge in [-0.2, -0.15) is 11.8 Å². The summed E-state index contributed by atoms with van der Waals surface area (Å²) in [4.78, 5) is 3.97. The van der Waals surface area contributed by atoms with E-state index < -0.39 is 5.60 Å². The molecule has 1 aliphatic rings. The molecule has 3 nitrogen and oxygen atoms in total. The molecule has 1 aromatic heterocycles. The fraction of sp³-hybridized carbons (Fsp3) is 0.583. The van der Waals surface area contributed by atoms with Gasteiger partial charge in [0.25, 0.3) is 0 Å². The molecule has 2 rings (SSSR count). The monoisotopic (exact) mass is 238 g/mol. The molecule has 3 N–H and O–H groups in total. The third kappa shape index (κ3) is 2.50. The zero-order valence-corrected chi connectivity index (χ0v) is 10.3. The summed E-state index contributed by atoms with van der Waals surface area (Å²) >= 11 is 1.85. The van der Waals surface area contributed by atoms with E-state index in [0.29, 0.717) is 12.2 Å². The standard InChI is InChI=1S/C12H18N2OS/c1-9-12(15,4-2-6-16-9)8-10-3-5-14-11(13)7-10/h3,5,7,9,15H,2,4,6,8H2,1H3,(H2,13,14). The Hall–Kier alpha value is -0.740.